The average molecular weight is 685 g/mol. The number of rotatable bonds is 11. The fourth-order valence-corrected chi connectivity index (χ4v) is 6.69. The molecule has 3 aromatic carbocycles. The lowest BCUT2D eigenvalue weighted by molar-refractivity contribution is -0.140. The second-order valence-corrected chi connectivity index (χ2v) is 13.9. The molecule has 0 bridgehead atoms. The summed E-state index contributed by atoms with van der Waals surface area (Å²) in [7, 11) is -4.25. The van der Waals surface area contributed by atoms with E-state index >= 15 is 0 Å². The molecular formula is C32H34Cl2F3N3O4S. The third-order valence-corrected chi connectivity index (χ3v) is 9.45. The Balaban J connectivity index is 1.76. The number of carbonyl (C=O) groups excluding carboxylic acids is 2. The van der Waals surface area contributed by atoms with Crippen LogP contribution in [0.15, 0.2) is 72.8 Å². The van der Waals surface area contributed by atoms with Crippen molar-refractivity contribution in [3.63, 3.8) is 0 Å². The predicted molar refractivity (Wildman–Crippen MR) is 170 cm³/mol. The molecule has 0 heterocycles. The molecule has 45 heavy (non-hydrogen) atoms. The molecule has 2 amide bonds. The zero-order valence-corrected chi connectivity index (χ0v) is 26.9. The van der Waals surface area contributed by atoms with Crippen LogP contribution in [0.3, 0.4) is 0 Å². The number of nitrogens with zero attached hydrogens (tertiary/aromatic N) is 2. The van der Waals surface area contributed by atoms with Gasteiger partial charge in [0, 0.05) is 29.1 Å². The summed E-state index contributed by atoms with van der Waals surface area (Å²) in [5, 5.41) is 3.66. The molecule has 0 spiro atoms. The van der Waals surface area contributed by atoms with Gasteiger partial charge < -0.3 is 10.2 Å². The zero-order chi connectivity index (χ0) is 32.8. The monoisotopic (exact) mass is 683 g/mol. The van der Waals surface area contributed by atoms with Crippen molar-refractivity contribution in [3.05, 3.63) is 99.5 Å². The highest BCUT2D eigenvalue weighted by Crippen LogP contribution is 2.32. The normalized spacial score (nSPS) is 14.9. The summed E-state index contributed by atoms with van der Waals surface area (Å²) in [6, 6.07) is 16.2. The number of nitrogens with one attached hydrogen (secondary N) is 1. The van der Waals surface area contributed by atoms with Crippen LogP contribution in [0.5, 0.6) is 0 Å². The fraction of sp³-hybridized carbons (Fsp3) is 0.375. The predicted octanol–water partition coefficient (Wildman–Crippen LogP) is 6.87. The van der Waals surface area contributed by atoms with Crippen LogP contribution in [-0.2, 0) is 38.8 Å². The van der Waals surface area contributed by atoms with Crippen LogP contribution in [0.2, 0.25) is 10.0 Å². The van der Waals surface area contributed by atoms with Crippen LogP contribution in [0.25, 0.3) is 0 Å². The van der Waals surface area contributed by atoms with E-state index in [4.69, 9.17) is 23.2 Å². The second-order valence-electron chi connectivity index (χ2n) is 11.1. The molecule has 4 rings (SSSR count). The molecule has 0 aliphatic heterocycles. The topological polar surface area (TPSA) is 86.8 Å². The van der Waals surface area contributed by atoms with E-state index in [1.165, 1.54) is 17.0 Å². The highest BCUT2D eigenvalue weighted by molar-refractivity contribution is 7.92. The van der Waals surface area contributed by atoms with Gasteiger partial charge in [-0.05, 0) is 54.3 Å². The van der Waals surface area contributed by atoms with Crippen molar-refractivity contribution in [2.45, 2.75) is 63.3 Å². The smallest absolute Gasteiger partial charge is 0.352 e. The molecule has 3 aromatic rings. The molecular weight excluding hydrogens is 650 g/mol. The van der Waals surface area contributed by atoms with Crippen LogP contribution >= 0.6 is 23.2 Å². The number of amides is 2. The summed E-state index contributed by atoms with van der Waals surface area (Å²) in [6.07, 6.45) is 0.720. The number of hydrogen-bond acceptors (Lipinski definition) is 4. The van der Waals surface area contributed by atoms with Crippen LogP contribution in [-0.4, -0.2) is 50.0 Å². The lowest BCUT2D eigenvalue weighted by Gasteiger charge is -2.35. The van der Waals surface area contributed by atoms with Crippen molar-refractivity contribution >= 4 is 50.7 Å². The first-order valence-electron chi connectivity index (χ1n) is 14.4. The molecule has 0 aromatic heterocycles. The number of carbonyl (C=O) groups is 2. The van der Waals surface area contributed by atoms with Crippen molar-refractivity contribution < 1.29 is 31.2 Å². The Morgan fingerprint density at radius 3 is 2.27 bits per heavy atom. The Morgan fingerprint density at radius 1 is 0.956 bits per heavy atom. The molecule has 0 unspecified atom stereocenters. The quantitative estimate of drug-likeness (QED) is 0.239. The Labute approximate surface area is 271 Å². The largest absolute Gasteiger partial charge is 0.416 e. The van der Waals surface area contributed by atoms with Gasteiger partial charge in [0.05, 0.1) is 17.5 Å². The van der Waals surface area contributed by atoms with Crippen LogP contribution in [0.1, 0.15) is 48.8 Å². The minimum atomic E-state index is -4.74. The van der Waals surface area contributed by atoms with Gasteiger partial charge in [0.1, 0.15) is 12.6 Å². The van der Waals surface area contributed by atoms with Gasteiger partial charge in [0.15, 0.2) is 0 Å². The Morgan fingerprint density at radius 2 is 1.64 bits per heavy atom. The van der Waals surface area contributed by atoms with Gasteiger partial charge in [0.2, 0.25) is 21.8 Å². The maximum Gasteiger partial charge on any atom is 0.416 e. The maximum atomic E-state index is 14.2. The first-order valence-corrected chi connectivity index (χ1v) is 17.1. The van der Waals surface area contributed by atoms with Gasteiger partial charge in [-0.1, -0.05) is 84.9 Å². The van der Waals surface area contributed by atoms with Crippen molar-refractivity contribution in [1.29, 1.82) is 0 Å². The molecule has 7 nitrogen and oxygen atoms in total. The zero-order valence-electron chi connectivity index (χ0n) is 24.6. The van der Waals surface area contributed by atoms with E-state index in [-0.39, 0.29) is 29.7 Å². The highest BCUT2D eigenvalue weighted by atomic mass is 35.5. The molecule has 1 aliphatic rings. The summed E-state index contributed by atoms with van der Waals surface area (Å²) < 4.78 is 67.0. The Bertz CT molecular complexity index is 1600. The Hall–Kier alpha value is -3.28. The van der Waals surface area contributed by atoms with E-state index < -0.39 is 46.2 Å². The molecule has 13 heteroatoms. The van der Waals surface area contributed by atoms with Gasteiger partial charge in [-0.3, -0.25) is 13.9 Å². The summed E-state index contributed by atoms with van der Waals surface area (Å²) >= 11 is 12.6. The van der Waals surface area contributed by atoms with Crippen molar-refractivity contribution in [1.82, 2.24) is 10.2 Å². The lowest BCUT2D eigenvalue weighted by atomic mass is 9.94. The Kier molecular flexibility index (Phi) is 11.4. The highest BCUT2D eigenvalue weighted by Gasteiger charge is 2.36. The van der Waals surface area contributed by atoms with Gasteiger partial charge in [0.25, 0.3) is 0 Å². The summed E-state index contributed by atoms with van der Waals surface area (Å²) in [4.78, 5) is 29.4. The van der Waals surface area contributed by atoms with Gasteiger partial charge in [-0.15, -0.1) is 0 Å². The van der Waals surface area contributed by atoms with Gasteiger partial charge in [-0.25, -0.2) is 8.42 Å². The molecule has 0 saturated heterocycles. The average Bonchev–Trinajstić information content (AvgIpc) is 2.98. The third-order valence-electron chi connectivity index (χ3n) is 7.72. The van der Waals surface area contributed by atoms with Crippen LogP contribution in [0.4, 0.5) is 18.9 Å². The molecule has 1 aliphatic carbocycles. The summed E-state index contributed by atoms with van der Waals surface area (Å²) in [5.41, 5.74) is -0.210. The minimum absolute atomic E-state index is 0.0850. The first-order chi connectivity index (χ1) is 21.2. The third kappa shape index (κ3) is 9.61. The van der Waals surface area contributed by atoms with E-state index in [2.05, 4.69) is 5.32 Å². The van der Waals surface area contributed by atoms with E-state index in [9.17, 15) is 31.2 Å². The molecule has 1 N–H and O–H groups in total. The molecule has 1 saturated carbocycles. The number of benzene rings is 3. The molecule has 0 radical (unpaired) electrons. The molecule has 1 fully saturated rings. The fourth-order valence-electron chi connectivity index (χ4n) is 5.38. The second kappa shape index (κ2) is 14.9. The van der Waals surface area contributed by atoms with E-state index in [0.717, 1.165) is 56.1 Å². The molecule has 1 atom stereocenters. The number of anilines is 1. The summed E-state index contributed by atoms with van der Waals surface area (Å²) in [5.74, 6) is -1.22. The molecule has 242 valence electrons. The van der Waals surface area contributed by atoms with Crippen molar-refractivity contribution in [2.75, 3.05) is 17.1 Å². The standard InChI is InChI=1S/C32H34Cl2F3N3O4S/c1-45(43,44)40(27-14-8-11-24(18-27)32(35,36)37)21-30(41)39(20-23-15-16-25(33)19-28(23)34)29(17-22-9-4-2-5-10-22)31(42)38-26-12-6-3-7-13-26/h2,4-5,8-11,14-16,18-19,26,29H,3,6-7,12-13,17,20-21H2,1H3,(H,38,42)/t29-/m0/s1. The minimum Gasteiger partial charge on any atom is -0.352 e. The van der Waals surface area contributed by atoms with Gasteiger partial charge >= 0.3 is 6.18 Å². The number of hydrogen-bond donors (Lipinski definition) is 1. The van der Waals surface area contributed by atoms with Crippen LogP contribution in [0, 0.1) is 0 Å². The van der Waals surface area contributed by atoms with E-state index in [0.29, 0.717) is 21.0 Å². The SMILES string of the molecule is CS(=O)(=O)N(CC(=O)N(Cc1ccc(Cl)cc1Cl)[C@@H](Cc1ccccc1)C(=O)NC1CCCCC1)c1cccc(C(F)(F)F)c1. The number of sulfonamides is 1. The van der Waals surface area contributed by atoms with Crippen molar-refractivity contribution in [3.8, 4) is 0 Å². The van der Waals surface area contributed by atoms with E-state index in [1.54, 1.807) is 24.3 Å². The first kappa shape index (κ1) is 34.6. The number of halogens is 5. The number of alkyl halides is 3. The maximum absolute atomic E-state index is 14.2. The lowest BCUT2D eigenvalue weighted by Crippen LogP contribution is -2.55. The van der Waals surface area contributed by atoms with Gasteiger partial charge in [-0.2, -0.15) is 13.2 Å². The van der Waals surface area contributed by atoms with Crippen molar-refractivity contribution in [2.24, 2.45) is 0 Å². The summed E-state index contributed by atoms with van der Waals surface area (Å²) in [6.45, 7) is -1.04. The van der Waals surface area contributed by atoms with Crippen LogP contribution < -0.4 is 9.62 Å². The van der Waals surface area contributed by atoms with E-state index in [1.807, 2.05) is 18.2 Å².